The van der Waals surface area contributed by atoms with E-state index in [0.717, 1.165) is 36.9 Å². The molecule has 0 atom stereocenters. The van der Waals surface area contributed by atoms with Crippen LogP contribution in [-0.4, -0.2) is 17.6 Å². The Bertz CT molecular complexity index is 544. The van der Waals surface area contributed by atoms with Gasteiger partial charge in [0.2, 0.25) is 0 Å². The van der Waals surface area contributed by atoms with E-state index in [1.165, 1.54) is 5.56 Å². The van der Waals surface area contributed by atoms with Crippen molar-refractivity contribution in [1.82, 2.24) is 10.3 Å². The van der Waals surface area contributed by atoms with Crippen LogP contribution in [0, 0.1) is 0 Å². The van der Waals surface area contributed by atoms with Crippen molar-refractivity contribution in [2.45, 2.75) is 39.4 Å². The lowest BCUT2D eigenvalue weighted by Crippen LogP contribution is -2.29. The molecule has 0 radical (unpaired) electrons. The maximum Gasteiger partial charge on any atom is 0.185 e. The molecule has 19 heavy (non-hydrogen) atoms. The van der Waals surface area contributed by atoms with Crippen molar-refractivity contribution < 1.29 is 0 Å². The Balaban J connectivity index is 1.67. The highest BCUT2D eigenvalue weighted by Crippen LogP contribution is 2.29. The smallest absolute Gasteiger partial charge is 0.185 e. The topological polar surface area (TPSA) is 28.2 Å². The minimum atomic E-state index is 0.508. The van der Waals surface area contributed by atoms with E-state index in [1.807, 2.05) is 11.3 Å². The average molecular weight is 293 g/mol. The summed E-state index contributed by atoms with van der Waals surface area (Å²) in [6, 6.07) is 2.76. The molecule has 1 N–H and O–H groups in total. The predicted molar refractivity (Wildman–Crippen MR) is 83.2 cm³/mol. The van der Waals surface area contributed by atoms with Gasteiger partial charge in [-0.1, -0.05) is 13.8 Å². The number of fused-ring (bicyclic) bond motifs is 1. The van der Waals surface area contributed by atoms with Crippen LogP contribution < -0.4 is 10.2 Å². The Kier molecular flexibility index (Phi) is 3.86. The lowest BCUT2D eigenvalue weighted by Gasteiger charge is -2.26. The molecule has 0 spiro atoms. The fourth-order valence-corrected chi connectivity index (χ4v) is 3.99. The molecule has 2 aromatic heterocycles. The summed E-state index contributed by atoms with van der Waals surface area (Å²) in [7, 11) is 0. The first-order valence-electron chi connectivity index (χ1n) is 6.70. The van der Waals surface area contributed by atoms with Gasteiger partial charge in [-0.25, -0.2) is 4.98 Å². The highest BCUT2D eigenvalue weighted by molar-refractivity contribution is 7.13. The number of hydrogen-bond donors (Lipinski definition) is 1. The van der Waals surface area contributed by atoms with E-state index in [-0.39, 0.29) is 0 Å². The summed E-state index contributed by atoms with van der Waals surface area (Å²) < 4.78 is 0. The first kappa shape index (κ1) is 13.1. The quantitative estimate of drug-likeness (QED) is 0.938. The van der Waals surface area contributed by atoms with Crippen LogP contribution in [0.25, 0.3) is 0 Å². The predicted octanol–water partition coefficient (Wildman–Crippen LogP) is 3.27. The highest BCUT2D eigenvalue weighted by Gasteiger charge is 2.19. The number of aromatic nitrogens is 1. The molecule has 102 valence electrons. The molecule has 3 rings (SSSR count). The Hall–Kier alpha value is -0.910. The third-order valence-electron chi connectivity index (χ3n) is 3.31. The monoisotopic (exact) mass is 293 g/mol. The van der Waals surface area contributed by atoms with Crippen molar-refractivity contribution in [2.24, 2.45) is 0 Å². The van der Waals surface area contributed by atoms with E-state index in [4.69, 9.17) is 4.98 Å². The summed E-state index contributed by atoms with van der Waals surface area (Å²) >= 11 is 3.65. The number of thiazole rings is 1. The summed E-state index contributed by atoms with van der Waals surface area (Å²) in [5, 5.41) is 8.96. The molecule has 3 nitrogen and oxygen atoms in total. The number of rotatable bonds is 4. The molecule has 0 saturated heterocycles. The Labute approximate surface area is 122 Å². The minimum Gasteiger partial charge on any atom is -0.343 e. The Morgan fingerprint density at radius 3 is 3.16 bits per heavy atom. The van der Waals surface area contributed by atoms with E-state index in [1.54, 1.807) is 16.2 Å². The first-order valence-corrected chi connectivity index (χ1v) is 8.46. The SMILES string of the molecule is CC(C)NCc1csc(N2CCc3sccc3C2)n1. The second kappa shape index (κ2) is 5.61. The molecule has 0 bridgehead atoms. The van der Waals surface area contributed by atoms with Gasteiger partial charge < -0.3 is 10.2 Å². The molecule has 1 aliphatic rings. The third kappa shape index (κ3) is 2.99. The Morgan fingerprint density at radius 1 is 1.42 bits per heavy atom. The first-order chi connectivity index (χ1) is 9.22. The van der Waals surface area contributed by atoms with Gasteiger partial charge in [0.05, 0.1) is 5.69 Å². The van der Waals surface area contributed by atoms with Crippen LogP contribution in [0.4, 0.5) is 5.13 Å². The molecule has 0 fully saturated rings. The summed E-state index contributed by atoms with van der Waals surface area (Å²) in [6.45, 7) is 7.30. The third-order valence-corrected chi connectivity index (χ3v) is 5.28. The van der Waals surface area contributed by atoms with Gasteiger partial charge >= 0.3 is 0 Å². The number of thiophene rings is 1. The fourth-order valence-electron chi connectivity index (χ4n) is 2.24. The van der Waals surface area contributed by atoms with Gasteiger partial charge in [0.25, 0.3) is 0 Å². The van der Waals surface area contributed by atoms with Crippen LogP contribution >= 0.6 is 22.7 Å². The van der Waals surface area contributed by atoms with Crippen molar-refractivity contribution in [2.75, 3.05) is 11.4 Å². The molecule has 0 amide bonds. The number of hydrogen-bond acceptors (Lipinski definition) is 5. The minimum absolute atomic E-state index is 0.508. The largest absolute Gasteiger partial charge is 0.343 e. The molecular weight excluding hydrogens is 274 g/mol. The van der Waals surface area contributed by atoms with E-state index in [0.29, 0.717) is 6.04 Å². The van der Waals surface area contributed by atoms with Gasteiger partial charge in [0.1, 0.15) is 0 Å². The van der Waals surface area contributed by atoms with Crippen LogP contribution in [0.2, 0.25) is 0 Å². The van der Waals surface area contributed by atoms with E-state index >= 15 is 0 Å². The lowest BCUT2D eigenvalue weighted by molar-refractivity contribution is 0.582. The van der Waals surface area contributed by atoms with E-state index < -0.39 is 0 Å². The molecule has 5 heteroatoms. The van der Waals surface area contributed by atoms with Crippen LogP contribution in [0.1, 0.15) is 30.0 Å². The maximum absolute atomic E-state index is 4.75. The molecule has 3 heterocycles. The van der Waals surface area contributed by atoms with E-state index in [9.17, 15) is 0 Å². The fraction of sp³-hybridized carbons (Fsp3) is 0.500. The summed E-state index contributed by atoms with van der Waals surface area (Å²) in [6.07, 6.45) is 1.16. The average Bonchev–Trinajstić information content (AvgIpc) is 3.04. The second-order valence-corrected chi connectivity index (χ2v) is 7.03. The van der Waals surface area contributed by atoms with Crippen LogP contribution in [0.15, 0.2) is 16.8 Å². The molecule has 0 aromatic carbocycles. The number of anilines is 1. The standard InChI is InChI=1S/C14H19N3S2/c1-10(2)15-7-12-9-19-14(16-12)17-5-3-13-11(8-17)4-6-18-13/h4,6,9-10,15H,3,5,7-8H2,1-2H3. The second-order valence-electron chi connectivity index (χ2n) is 5.20. The zero-order chi connectivity index (χ0) is 13.2. The van der Waals surface area contributed by atoms with Gasteiger partial charge in [-0.05, 0) is 23.4 Å². The zero-order valence-corrected chi connectivity index (χ0v) is 13.0. The van der Waals surface area contributed by atoms with Crippen molar-refractivity contribution in [3.8, 4) is 0 Å². The maximum atomic E-state index is 4.75. The molecule has 0 saturated carbocycles. The molecule has 2 aromatic rings. The van der Waals surface area contributed by atoms with Crippen LogP contribution in [0.3, 0.4) is 0 Å². The van der Waals surface area contributed by atoms with Gasteiger partial charge in [-0.15, -0.1) is 22.7 Å². The van der Waals surface area contributed by atoms with Gasteiger partial charge in [-0.2, -0.15) is 0 Å². The van der Waals surface area contributed by atoms with Crippen LogP contribution in [0.5, 0.6) is 0 Å². The summed E-state index contributed by atoms with van der Waals surface area (Å²) in [5.74, 6) is 0. The van der Waals surface area contributed by atoms with Gasteiger partial charge in [0.15, 0.2) is 5.13 Å². The molecular formula is C14H19N3S2. The molecule has 1 aliphatic heterocycles. The van der Waals surface area contributed by atoms with Crippen molar-refractivity contribution in [3.63, 3.8) is 0 Å². The van der Waals surface area contributed by atoms with Crippen molar-refractivity contribution >= 4 is 27.8 Å². The van der Waals surface area contributed by atoms with Crippen molar-refractivity contribution in [1.29, 1.82) is 0 Å². The van der Waals surface area contributed by atoms with Gasteiger partial charge in [-0.3, -0.25) is 0 Å². The highest BCUT2D eigenvalue weighted by atomic mass is 32.1. The van der Waals surface area contributed by atoms with E-state index in [2.05, 4.69) is 40.9 Å². The molecule has 0 unspecified atom stereocenters. The zero-order valence-electron chi connectivity index (χ0n) is 11.3. The lowest BCUT2D eigenvalue weighted by atomic mass is 10.1. The van der Waals surface area contributed by atoms with Gasteiger partial charge in [0, 0.05) is 35.9 Å². The molecule has 0 aliphatic carbocycles. The van der Waals surface area contributed by atoms with Crippen molar-refractivity contribution in [3.05, 3.63) is 33.0 Å². The van der Waals surface area contributed by atoms with Crippen LogP contribution in [-0.2, 0) is 19.5 Å². The number of nitrogens with one attached hydrogen (secondary N) is 1. The summed E-state index contributed by atoms with van der Waals surface area (Å²) in [4.78, 5) is 8.70. The normalized spacial score (nSPS) is 15.0. The Morgan fingerprint density at radius 2 is 2.32 bits per heavy atom. The summed E-state index contributed by atoms with van der Waals surface area (Å²) in [5.41, 5.74) is 2.64. The number of nitrogens with zero attached hydrogens (tertiary/aromatic N) is 2.